The lowest BCUT2D eigenvalue weighted by Crippen LogP contribution is -1.95. The zero-order valence-electron chi connectivity index (χ0n) is 9.84. The molecular weight excluding hydrogens is 224 g/mol. The molecule has 0 aliphatic rings. The standard InChI is InChI=1S/C15H14N2O/c16-13-8-6-11(10-14(13)17)7-9-15(18)12-4-2-1-3-5-12/h1-10H,16-17H2/b9-7+. The molecule has 0 unspecified atom stereocenters. The van der Waals surface area contributed by atoms with Gasteiger partial charge in [-0.15, -0.1) is 0 Å². The Balaban J connectivity index is 2.16. The predicted molar refractivity (Wildman–Crippen MR) is 75.1 cm³/mol. The molecule has 0 amide bonds. The first kappa shape index (κ1) is 11.9. The van der Waals surface area contributed by atoms with Gasteiger partial charge in [-0.1, -0.05) is 42.5 Å². The van der Waals surface area contributed by atoms with Crippen LogP contribution in [0.4, 0.5) is 11.4 Å². The van der Waals surface area contributed by atoms with E-state index in [2.05, 4.69) is 0 Å². The van der Waals surface area contributed by atoms with Crippen molar-refractivity contribution in [2.45, 2.75) is 0 Å². The highest BCUT2D eigenvalue weighted by atomic mass is 16.1. The molecule has 0 radical (unpaired) electrons. The average Bonchev–Trinajstić information content (AvgIpc) is 2.41. The molecule has 0 atom stereocenters. The third-order valence-corrected chi connectivity index (χ3v) is 2.60. The Morgan fingerprint density at radius 3 is 2.33 bits per heavy atom. The van der Waals surface area contributed by atoms with Gasteiger partial charge in [-0.3, -0.25) is 4.79 Å². The number of benzene rings is 2. The number of nitrogen functional groups attached to an aromatic ring is 2. The fourth-order valence-corrected chi connectivity index (χ4v) is 1.57. The summed E-state index contributed by atoms with van der Waals surface area (Å²) in [6, 6.07) is 14.4. The van der Waals surface area contributed by atoms with Crippen molar-refractivity contribution in [3.8, 4) is 0 Å². The van der Waals surface area contributed by atoms with Crippen LogP contribution in [-0.4, -0.2) is 5.78 Å². The summed E-state index contributed by atoms with van der Waals surface area (Å²) in [6.07, 6.45) is 3.26. The van der Waals surface area contributed by atoms with E-state index >= 15 is 0 Å². The van der Waals surface area contributed by atoms with Gasteiger partial charge in [0.25, 0.3) is 0 Å². The second kappa shape index (κ2) is 5.19. The summed E-state index contributed by atoms with van der Waals surface area (Å²) in [7, 11) is 0. The Bertz CT molecular complexity index is 589. The quantitative estimate of drug-likeness (QED) is 0.490. The third-order valence-electron chi connectivity index (χ3n) is 2.60. The first-order valence-electron chi connectivity index (χ1n) is 5.59. The van der Waals surface area contributed by atoms with Crippen LogP contribution < -0.4 is 11.5 Å². The highest BCUT2D eigenvalue weighted by Gasteiger charge is 2.00. The van der Waals surface area contributed by atoms with Gasteiger partial charge in [0, 0.05) is 5.56 Å². The number of ketones is 1. The zero-order chi connectivity index (χ0) is 13.0. The fourth-order valence-electron chi connectivity index (χ4n) is 1.57. The Hall–Kier alpha value is -2.55. The van der Waals surface area contributed by atoms with Crippen LogP contribution >= 0.6 is 0 Å². The Labute approximate surface area is 106 Å². The van der Waals surface area contributed by atoms with E-state index in [1.54, 1.807) is 30.3 Å². The highest BCUT2D eigenvalue weighted by Crippen LogP contribution is 2.17. The number of hydrogen-bond acceptors (Lipinski definition) is 3. The molecule has 3 nitrogen and oxygen atoms in total. The molecule has 0 aliphatic heterocycles. The van der Waals surface area contributed by atoms with Crippen molar-refractivity contribution in [3.05, 3.63) is 65.7 Å². The van der Waals surface area contributed by atoms with Gasteiger partial charge < -0.3 is 11.5 Å². The summed E-state index contributed by atoms with van der Waals surface area (Å²) in [5.41, 5.74) is 13.9. The number of anilines is 2. The summed E-state index contributed by atoms with van der Waals surface area (Å²) in [6.45, 7) is 0. The van der Waals surface area contributed by atoms with E-state index < -0.39 is 0 Å². The van der Waals surface area contributed by atoms with Crippen LogP contribution in [0.2, 0.25) is 0 Å². The summed E-state index contributed by atoms with van der Waals surface area (Å²) in [5.74, 6) is -0.0361. The predicted octanol–water partition coefficient (Wildman–Crippen LogP) is 2.75. The normalized spacial score (nSPS) is 10.7. The van der Waals surface area contributed by atoms with E-state index in [0.29, 0.717) is 16.9 Å². The fraction of sp³-hybridized carbons (Fsp3) is 0. The van der Waals surface area contributed by atoms with Crippen LogP contribution in [-0.2, 0) is 0 Å². The maximum Gasteiger partial charge on any atom is 0.185 e. The van der Waals surface area contributed by atoms with Gasteiger partial charge in [-0.2, -0.15) is 0 Å². The van der Waals surface area contributed by atoms with E-state index in [-0.39, 0.29) is 5.78 Å². The van der Waals surface area contributed by atoms with Gasteiger partial charge in [-0.25, -0.2) is 0 Å². The molecule has 0 saturated carbocycles. The molecule has 4 N–H and O–H groups in total. The molecule has 18 heavy (non-hydrogen) atoms. The van der Waals surface area contributed by atoms with Gasteiger partial charge >= 0.3 is 0 Å². The van der Waals surface area contributed by atoms with E-state index in [9.17, 15) is 4.79 Å². The van der Waals surface area contributed by atoms with Gasteiger partial charge in [0.05, 0.1) is 11.4 Å². The number of allylic oxidation sites excluding steroid dienone is 1. The molecule has 0 fully saturated rings. The van der Waals surface area contributed by atoms with E-state index in [1.165, 1.54) is 6.08 Å². The molecule has 0 aliphatic carbocycles. The van der Waals surface area contributed by atoms with Crippen molar-refractivity contribution >= 4 is 23.2 Å². The van der Waals surface area contributed by atoms with Crippen molar-refractivity contribution in [1.29, 1.82) is 0 Å². The molecule has 0 saturated heterocycles. The molecule has 0 spiro atoms. The second-order valence-corrected chi connectivity index (χ2v) is 3.95. The van der Waals surface area contributed by atoms with Gasteiger partial charge in [0.15, 0.2) is 5.78 Å². The summed E-state index contributed by atoms with van der Waals surface area (Å²) in [4.78, 5) is 11.8. The summed E-state index contributed by atoms with van der Waals surface area (Å²) >= 11 is 0. The highest BCUT2D eigenvalue weighted by molar-refractivity contribution is 6.06. The SMILES string of the molecule is Nc1ccc(/C=C/C(=O)c2ccccc2)cc1N. The number of nitrogens with two attached hydrogens (primary N) is 2. The number of rotatable bonds is 3. The first-order valence-corrected chi connectivity index (χ1v) is 5.59. The minimum Gasteiger partial charge on any atom is -0.397 e. The lowest BCUT2D eigenvalue weighted by molar-refractivity contribution is 0.104. The molecule has 0 heterocycles. The molecule has 3 heteroatoms. The first-order chi connectivity index (χ1) is 8.66. The smallest absolute Gasteiger partial charge is 0.185 e. The molecule has 2 aromatic carbocycles. The van der Waals surface area contributed by atoms with Crippen LogP contribution in [0.3, 0.4) is 0 Å². The van der Waals surface area contributed by atoms with E-state index in [1.807, 2.05) is 24.3 Å². The number of hydrogen-bond donors (Lipinski definition) is 2. The Morgan fingerprint density at radius 1 is 0.944 bits per heavy atom. The van der Waals surface area contributed by atoms with Crippen LogP contribution in [0.1, 0.15) is 15.9 Å². The molecule has 0 bridgehead atoms. The van der Waals surface area contributed by atoms with Gasteiger partial charge in [-0.05, 0) is 23.8 Å². The molecular formula is C15H14N2O. The van der Waals surface area contributed by atoms with Crippen molar-refractivity contribution in [2.75, 3.05) is 11.5 Å². The summed E-state index contributed by atoms with van der Waals surface area (Å²) in [5, 5.41) is 0. The maximum absolute atomic E-state index is 11.8. The maximum atomic E-state index is 11.8. The van der Waals surface area contributed by atoms with Crippen LogP contribution in [0.5, 0.6) is 0 Å². The average molecular weight is 238 g/mol. The van der Waals surface area contributed by atoms with E-state index in [4.69, 9.17) is 11.5 Å². The van der Waals surface area contributed by atoms with Crippen molar-refractivity contribution < 1.29 is 4.79 Å². The number of carbonyl (C=O) groups excluding carboxylic acids is 1. The van der Waals surface area contributed by atoms with Crippen molar-refractivity contribution in [3.63, 3.8) is 0 Å². The van der Waals surface area contributed by atoms with Crippen LogP contribution in [0.15, 0.2) is 54.6 Å². The third kappa shape index (κ3) is 2.77. The van der Waals surface area contributed by atoms with Crippen molar-refractivity contribution in [1.82, 2.24) is 0 Å². The topological polar surface area (TPSA) is 69.1 Å². The summed E-state index contributed by atoms with van der Waals surface area (Å²) < 4.78 is 0. The lowest BCUT2D eigenvalue weighted by Gasteiger charge is -2.00. The Morgan fingerprint density at radius 2 is 1.67 bits per heavy atom. The van der Waals surface area contributed by atoms with Gasteiger partial charge in [0.2, 0.25) is 0 Å². The van der Waals surface area contributed by atoms with Gasteiger partial charge in [0.1, 0.15) is 0 Å². The lowest BCUT2D eigenvalue weighted by atomic mass is 10.1. The van der Waals surface area contributed by atoms with E-state index in [0.717, 1.165) is 5.56 Å². The minimum absolute atomic E-state index is 0.0361. The molecule has 0 aromatic heterocycles. The zero-order valence-corrected chi connectivity index (χ0v) is 9.84. The number of carbonyl (C=O) groups is 1. The molecule has 2 aromatic rings. The van der Waals surface area contributed by atoms with Crippen molar-refractivity contribution in [2.24, 2.45) is 0 Å². The largest absolute Gasteiger partial charge is 0.397 e. The monoisotopic (exact) mass is 238 g/mol. The Kier molecular flexibility index (Phi) is 3.44. The molecule has 2 rings (SSSR count). The molecule has 90 valence electrons. The second-order valence-electron chi connectivity index (χ2n) is 3.95. The van der Waals surface area contributed by atoms with Crippen LogP contribution in [0.25, 0.3) is 6.08 Å². The minimum atomic E-state index is -0.0361. The van der Waals surface area contributed by atoms with Crippen LogP contribution in [0, 0.1) is 0 Å².